The molecule has 0 aliphatic carbocycles. The lowest BCUT2D eigenvalue weighted by Crippen LogP contribution is -2.46. The average Bonchev–Trinajstić information content (AvgIpc) is 3.07. The number of rotatable bonds is 9. The van der Waals surface area contributed by atoms with Gasteiger partial charge in [0.1, 0.15) is 0 Å². The number of aryl methyl sites for hydroxylation is 1. The topological polar surface area (TPSA) is 79.6 Å². The molecule has 1 aliphatic heterocycles. The number of benzene rings is 2. The molecule has 0 radical (unpaired) electrons. The van der Waals surface area contributed by atoms with Gasteiger partial charge in [0.2, 0.25) is 10.0 Å². The van der Waals surface area contributed by atoms with Gasteiger partial charge >= 0.3 is 5.69 Å². The third kappa shape index (κ3) is 5.97. The second-order valence-electron chi connectivity index (χ2n) is 8.80. The first-order chi connectivity index (χ1) is 16.3. The molecule has 0 atom stereocenters. The predicted molar refractivity (Wildman–Crippen MR) is 138 cm³/mol. The van der Waals surface area contributed by atoms with Crippen LogP contribution in [0.2, 0.25) is 0 Å². The maximum atomic E-state index is 13.0. The number of hydrogen-bond acceptors (Lipinski definition) is 5. The van der Waals surface area contributed by atoms with E-state index in [-0.39, 0.29) is 18.8 Å². The Bertz CT molecular complexity index is 1320. The normalized spacial score (nSPS) is 15.5. The van der Waals surface area contributed by atoms with Crippen molar-refractivity contribution >= 4 is 26.7 Å². The number of hydrogen-bond donors (Lipinski definition) is 1. The van der Waals surface area contributed by atoms with E-state index in [0.29, 0.717) is 6.54 Å². The van der Waals surface area contributed by atoms with E-state index in [9.17, 15) is 13.2 Å². The third-order valence-electron chi connectivity index (χ3n) is 6.18. The van der Waals surface area contributed by atoms with Crippen molar-refractivity contribution in [3.8, 4) is 0 Å². The minimum atomic E-state index is -3.29. The van der Waals surface area contributed by atoms with Crippen LogP contribution in [-0.2, 0) is 23.1 Å². The Morgan fingerprint density at radius 2 is 1.59 bits per heavy atom. The first-order valence-corrected chi connectivity index (χ1v) is 13.5. The van der Waals surface area contributed by atoms with Gasteiger partial charge in [-0.3, -0.25) is 14.0 Å². The quantitative estimate of drug-likeness (QED) is 0.471. The van der Waals surface area contributed by atoms with Gasteiger partial charge in [-0.25, -0.2) is 17.9 Å². The molecule has 1 aromatic heterocycles. The Morgan fingerprint density at radius 1 is 0.912 bits per heavy atom. The molecule has 0 amide bonds. The van der Waals surface area contributed by atoms with Gasteiger partial charge < -0.3 is 4.90 Å². The lowest BCUT2D eigenvalue weighted by molar-refractivity contribution is 0.284. The Hall–Kier alpha value is -2.88. The molecule has 182 valence electrons. The first-order valence-electron chi connectivity index (χ1n) is 11.6. The minimum Gasteiger partial charge on any atom is -0.369 e. The zero-order valence-electron chi connectivity index (χ0n) is 19.9. The van der Waals surface area contributed by atoms with Gasteiger partial charge in [0, 0.05) is 58.0 Å². The monoisotopic (exact) mass is 483 g/mol. The molecule has 34 heavy (non-hydrogen) atoms. The van der Waals surface area contributed by atoms with Gasteiger partial charge in [-0.05, 0) is 36.8 Å². The van der Waals surface area contributed by atoms with Crippen molar-refractivity contribution in [3.05, 3.63) is 76.7 Å². The molecular weight excluding hydrogens is 450 g/mol. The van der Waals surface area contributed by atoms with Gasteiger partial charge in [0.25, 0.3) is 0 Å². The van der Waals surface area contributed by atoms with Gasteiger partial charge in [-0.1, -0.05) is 36.4 Å². The highest BCUT2D eigenvalue weighted by molar-refractivity contribution is 7.88. The van der Waals surface area contributed by atoms with Crippen LogP contribution in [0.5, 0.6) is 0 Å². The zero-order valence-corrected chi connectivity index (χ0v) is 20.7. The van der Waals surface area contributed by atoms with Crippen LogP contribution >= 0.6 is 0 Å². The number of nitrogens with one attached hydrogen (secondary N) is 1. The largest absolute Gasteiger partial charge is 0.369 e. The highest BCUT2D eigenvalue weighted by Gasteiger charge is 2.16. The Labute approximate surface area is 201 Å². The summed E-state index contributed by atoms with van der Waals surface area (Å²) in [6, 6.07) is 16.3. The van der Waals surface area contributed by atoms with E-state index in [0.717, 1.165) is 50.0 Å². The molecule has 2 aromatic carbocycles. The van der Waals surface area contributed by atoms with Crippen LogP contribution in [-0.4, -0.2) is 68.0 Å². The van der Waals surface area contributed by atoms with E-state index < -0.39 is 10.0 Å². The molecule has 8 nitrogen and oxygen atoms in total. The van der Waals surface area contributed by atoms with Crippen molar-refractivity contribution in [2.75, 3.05) is 50.4 Å². The summed E-state index contributed by atoms with van der Waals surface area (Å²) < 4.78 is 28.6. The summed E-state index contributed by atoms with van der Waals surface area (Å²) in [5, 5.41) is 0. The van der Waals surface area contributed by atoms with Crippen molar-refractivity contribution in [3.63, 3.8) is 0 Å². The smallest absolute Gasteiger partial charge is 0.329 e. The van der Waals surface area contributed by atoms with Crippen molar-refractivity contribution in [1.82, 2.24) is 18.8 Å². The van der Waals surface area contributed by atoms with Crippen LogP contribution in [0.4, 0.5) is 5.69 Å². The molecule has 0 bridgehead atoms. The maximum Gasteiger partial charge on any atom is 0.329 e. The number of para-hydroxylation sites is 2. The van der Waals surface area contributed by atoms with Crippen LogP contribution in [0.3, 0.4) is 0 Å². The lowest BCUT2D eigenvalue weighted by Gasteiger charge is -2.35. The molecule has 0 saturated carbocycles. The molecule has 1 aliphatic rings. The Balaban J connectivity index is 1.35. The number of nitrogens with zero attached hydrogens (tertiary/aromatic N) is 4. The first kappa shape index (κ1) is 24.3. The highest BCUT2D eigenvalue weighted by atomic mass is 32.2. The summed E-state index contributed by atoms with van der Waals surface area (Å²) in [6.45, 7) is 7.95. The molecule has 9 heteroatoms. The number of fused-ring (bicyclic) bond motifs is 1. The van der Waals surface area contributed by atoms with E-state index in [2.05, 4.69) is 51.8 Å². The van der Waals surface area contributed by atoms with E-state index in [1.807, 2.05) is 30.3 Å². The zero-order chi connectivity index (χ0) is 24.1. The fourth-order valence-electron chi connectivity index (χ4n) is 4.42. The average molecular weight is 484 g/mol. The number of sulfonamides is 1. The Kier molecular flexibility index (Phi) is 7.55. The van der Waals surface area contributed by atoms with E-state index in [4.69, 9.17) is 0 Å². The third-order valence-corrected chi connectivity index (χ3v) is 6.91. The summed E-state index contributed by atoms with van der Waals surface area (Å²) in [6.07, 6.45) is 5.29. The van der Waals surface area contributed by atoms with E-state index in [1.54, 1.807) is 9.13 Å². The number of piperazine rings is 1. The standard InChI is InChI=1S/C25H33N5O3S/c1-21-8-7-9-22(20-21)28-18-16-27(17-19-28)13-5-6-14-29-23-10-3-4-11-24(23)30(25(29)31)15-12-26-34(2,32)33/h3-11,20,26H,12-19H2,1-2H3/b6-5-. The number of allylic oxidation sites excluding steroid dienone is 1. The molecule has 1 N–H and O–H groups in total. The van der Waals surface area contributed by atoms with Crippen molar-refractivity contribution in [2.24, 2.45) is 0 Å². The SMILES string of the molecule is Cc1cccc(N2CCN(C/C=C\Cn3c(=O)n(CCNS(C)(=O)=O)c4ccccc43)CC2)c1. The summed E-state index contributed by atoms with van der Waals surface area (Å²) in [5.74, 6) is 0. The number of anilines is 1. The molecular formula is C25H33N5O3S. The second kappa shape index (κ2) is 10.6. The van der Waals surface area contributed by atoms with Crippen LogP contribution in [0.1, 0.15) is 5.56 Å². The maximum absolute atomic E-state index is 13.0. The molecule has 1 saturated heterocycles. The van der Waals surface area contributed by atoms with Gasteiger partial charge in [-0.2, -0.15) is 0 Å². The molecule has 4 rings (SSSR count). The van der Waals surface area contributed by atoms with Gasteiger partial charge in [0.15, 0.2) is 0 Å². The molecule has 3 aromatic rings. The molecule has 2 heterocycles. The summed E-state index contributed by atoms with van der Waals surface area (Å²) in [7, 11) is -3.29. The second-order valence-corrected chi connectivity index (χ2v) is 10.6. The summed E-state index contributed by atoms with van der Waals surface area (Å²) >= 11 is 0. The highest BCUT2D eigenvalue weighted by Crippen LogP contribution is 2.18. The lowest BCUT2D eigenvalue weighted by atomic mass is 10.2. The van der Waals surface area contributed by atoms with Crippen LogP contribution < -0.4 is 15.3 Å². The minimum absolute atomic E-state index is 0.132. The number of imidazole rings is 1. The van der Waals surface area contributed by atoms with Gasteiger partial charge in [0.05, 0.1) is 17.3 Å². The van der Waals surface area contributed by atoms with Crippen molar-refractivity contribution in [2.45, 2.75) is 20.0 Å². The van der Waals surface area contributed by atoms with Crippen LogP contribution in [0.15, 0.2) is 65.5 Å². The van der Waals surface area contributed by atoms with Crippen molar-refractivity contribution < 1.29 is 8.42 Å². The molecule has 0 spiro atoms. The summed E-state index contributed by atoms with van der Waals surface area (Å²) in [4.78, 5) is 17.9. The molecule has 1 fully saturated rings. The fraction of sp³-hybridized carbons (Fsp3) is 0.400. The fourth-order valence-corrected chi connectivity index (χ4v) is 4.89. The van der Waals surface area contributed by atoms with Crippen LogP contribution in [0.25, 0.3) is 11.0 Å². The molecule has 0 unspecified atom stereocenters. The predicted octanol–water partition coefficient (Wildman–Crippen LogP) is 2.04. The number of aromatic nitrogens is 2. The van der Waals surface area contributed by atoms with Crippen molar-refractivity contribution in [1.29, 1.82) is 0 Å². The van der Waals surface area contributed by atoms with E-state index in [1.165, 1.54) is 11.3 Å². The van der Waals surface area contributed by atoms with Crippen LogP contribution in [0, 0.1) is 6.92 Å². The van der Waals surface area contributed by atoms with E-state index >= 15 is 0 Å². The summed E-state index contributed by atoms with van der Waals surface area (Å²) in [5.41, 5.74) is 4.10. The Morgan fingerprint density at radius 3 is 2.26 bits per heavy atom. The van der Waals surface area contributed by atoms with Gasteiger partial charge in [-0.15, -0.1) is 0 Å².